The lowest BCUT2D eigenvalue weighted by Crippen LogP contribution is -2.36. The second kappa shape index (κ2) is 8.23. The number of hydrogen-bond acceptors (Lipinski definition) is 4. The Morgan fingerprint density at radius 3 is 2.46 bits per heavy atom. The van der Waals surface area contributed by atoms with E-state index >= 15 is 0 Å². The predicted molar refractivity (Wildman–Crippen MR) is 81.7 cm³/mol. The normalized spacial score (nSPS) is 13.3. The van der Waals surface area contributed by atoms with Crippen molar-refractivity contribution in [3.05, 3.63) is 29.8 Å². The number of amides is 1. The van der Waals surface area contributed by atoms with Crippen molar-refractivity contribution in [3.63, 3.8) is 0 Å². The van der Waals surface area contributed by atoms with Gasteiger partial charge in [0.2, 0.25) is 0 Å². The van der Waals surface area contributed by atoms with Gasteiger partial charge in [-0.05, 0) is 45.4 Å². The van der Waals surface area contributed by atoms with Gasteiger partial charge < -0.3 is 19.5 Å². The Morgan fingerprint density at radius 1 is 1.25 bits per heavy atom. The summed E-state index contributed by atoms with van der Waals surface area (Å²) in [6.07, 6.45) is -5.47. The largest absolute Gasteiger partial charge is 0.573 e. The maximum atomic E-state index is 12.3. The van der Waals surface area contributed by atoms with Gasteiger partial charge in [-0.1, -0.05) is 12.1 Å². The molecule has 0 aliphatic carbocycles. The molecular weight excluding hydrogens is 327 g/mol. The van der Waals surface area contributed by atoms with Crippen LogP contribution < -0.4 is 10.1 Å². The van der Waals surface area contributed by atoms with Crippen LogP contribution in [0, 0.1) is 0 Å². The fourth-order valence-electron chi connectivity index (χ4n) is 1.84. The third kappa shape index (κ3) is 8.05. The number of ether oxygens (including phenoxy) is 3. The van der Waals surface area contributed by atoms with E-state index in [4.69, 9.17) is 9.47 Å². The summed E-state index contributed by atoms with van der Waals surface area (Å²) in [4.78, 5) is 11.9. The third-order valence-electron chi connectivity index (χ3n) is 2.67. The van der Waals surface area contributed by atoms with E-state index in [1.54, 1.807) is 33.8 Å². The van der Waals surface area contributed by atoms with Crippen molar-refractivity contribution >= 4 is 6.09 Å². The van der Waals surface area contributed by atoms with E-state index in [1.165, 1.54) is 18.2 Å². The number of nitrogens with one attached hydrogen (secondary N) is 1. The van der Waals surface area contributed by atoms with Crippen molar-refractivity contribution in [2.24, 2.45) is 0 Å². The molecule has 1 rings (SSSR count). The first-order chi connectivity index (χ1) is 11.0. The van der Waals surface area contributed by atoms with E-state index in [-0.39, 0.29) is 12.4 Å². The highest BCUT2D eigenvalue weighted by Gasteiger charge is 2.31. The van der Waals surface area contributed by atoms with Gasteiger partial charge in [-0.3, -0.25) is 0 Å². The highest BCUT2D eigenvalue weighted by atomic mass is 19.4. The summed E-state index contributed by atoms with van der Waals surface area (Å²) in [5.74, 6) is -0.368. The van der Waals surface area contributed by atoms with Crippen LogP contribution in [0.3, 0.4) is 0 Å². The molecular formula is C16H22F3NO4. The van der Waals surface area contributed by atoms with E-state index in [1.807, 2.05) is 0 Å². The van der Waals surface area contributed by atoms with Crippen LogP contribution in [0.2, 0.25) is 0 Å². The molecule has 0 radical (unpaired) electrons. The molecule has 0 fully saturated rings. The first kappa shape index (κ1) is 20.1. The summed E-state index contributed by atoms with van der Waals surface area (Å²) >= 11 is 0. The van der Waals surface area contributed by atoms with Crippen molar-refractivity contribution in [1.82, 2.24) is 5.32 Å². The number of hydrogen-bond donors (Lipinski definition) is 1. The zero-order valence-corrected chi connectivity index (χ0v) is 14.1. The number of halogens is 3. The maximum absolute atomic E-state index is 12.3. The average molecular weight is 349 g/mol. The standard InChI is InChI=1S/C16H22F3NO4/c1-5-22-10-13(20-14(21)24-15(2,3)4)11-7-6-8-12(9-11)23-16(17,18)19/h6-9,13H,5,10H2,1-4H3,(H,20,21). The van der Waals surface area contributed by atoms with Gasteiger partial charge in [-0.2, -0.15) is 0 Å². The summed E-state index contributed by atoms with van der Waals surface area (Å²) in [5.41, 5.74) is -0.280. The molecule has 5 nitrogen and oxygen atoms in total. The molecule has 1 amide bonds. The van der Waals surface area contributed by atoms with E-state index in [2.05, 4.69) is 10.1 Å². The van der Waals surface area contributed by atoms with Crippen LogP contribution >= 0.6 is 0 Å². The van der Waals surface area contributed by atoms with Crippen molar-refractivity contribution < 1.29 is 32.2 Å². The Kier molecular flexibility index (Phi) is 6.89. The summed E-state index contributed by atoms with van der Waals surface area (Å²) in [6.45, 7) is 7.38. The van der Waals surface area contributed by atoms with Gasteiger partial charge in [-0.15, -0.1) is 13.2 Å². The zero-order chi connectivity index (χ0) is 18.4. The van der Waals surface area contributed by atoms with Gasteiger partial charge in [0, 0.05) is 6.61 Å². The van der Waals surface area contributed by atoms with Crippen LogP contribution in [-0.4, -0.2) is 31.3 Å². The fraction of sp³-hybridized carbons (Fsp3) is 0.562. The maximum Gasteiger partial charge on any atom is 0.573 e. The quantitative estimate of drug-likeness (QED) is 0.837. The first-order valence-electron chi connectivity index (χ1n) is 7.43. The molecule has 136 valence electrons. The number of rotatable bonds is 6. The molecule has 0 saturated carbocycles. The second-order valence-electron chi connectivity index (χ2n) is 5.98. The molecule has 1 aromatic rings. The first-order valence-corrected chi connectivity index (χ1v) is 7.43. The molecule has 0 aliphatic rings. The molecule has 0 aromatic heterocycles. The topological polar surface area (TPSA) is 56.8 Å². The van der Waals surface area contributed by atoms with Crippen LogP contribution in [-0.2, 0) is 9.47 Å². The Hall–Kier alpha value is -1.96. The van der Waals surface area contributed by atoms with Crippen LogP contribution in [0.4, 0.5) is 18.0 Å². The van der Waals surface area contributed by atoms with Crippen molar-refractivity contribution in [1.29, 1.82) is 0 Å². The Balaban J connectivity index is 2.91. The van der Waals surface area contributed by atoms with Crippen molar-refractivity contribution in [3.8, 4) is 5.75 Å². The summed E-state index contributed by atoms with van der Waals surface area (Å²) in [6, 6.07) is 4.70. The number of carbonyl (C=O) groups excluding carboxylic acids is 1. The fourth-order valence-corrected chi connectivity index (χ4v) is 1.84. The van der Waals surface area contributed by atoms with Gasteiger partial charge in [0.1, 0.15) is 11.4 Å². The molecule has 0 bridgehead atoms. The molecule has 8 heteroatoms. The summed E-state index contributed by atoms with van der Waals surface area (Å²) in [5, 5.41) is 2.59. The SMILES string of the molecule is CCOCC(NC(=O)OC(C)(C)C)c1cccc(OC(F)(F)F)c1. The molecule has 0 spiro atoms. The Bertz CT molecular complexity index is 541. The molecule has 24 heavy (non-hydrogen) atoms. The van der Waals surface area contributed by atoms with Gasteiger partial charge in [0.15, 0.2) is 0 Å². The van der Waals surface area contributed by atoms with E-state index in [0.717, 1.165) is 0 Å². The van der Waals surface area contributed by atoms with Crippen LogP contribution in [0.15, 0.2) is 24.3 Å². The Morgan fingerprint density at radius 2 is 1.92 bits per heavy atom. The third-order valence-corrected chi connectivity index (χ3v) is 2.67. The summed E-state index contributed by atoms with van der Waals surface area (Å²) < 4.78 is 51.4. The number of benzene rings is 1. The zero-order valence-electron chi connectivity index (χ0n) is 14.1. The van der Waals surface area contributed by atoms with Crippen molar-refractivity contribution in [2.75, 3.05) is 13.2 Å². The minimum absolute atomic E-state index is 0.0885. The lowest BCUT2D eigenvalue weighted by atomic mass is 10.1. The number of alkyl carbamates (subject to hydrolysis) is 1. The van der Waals surface area contributed by atoms with E-state index in [0.29, 0.717) is 12.2 Å². The minimum Gasteiger partial charge on any atom is -0.444 e. The highest BCUT2D eigenvalue weighted by Crippen LogP contribution is 2.26. The Labute approximate surface area is 139 Å². The van der Waals surface area contributed by atoms with Crippen LogP contribution in [0.25, 0.3) is 0 Å². The minimum atomic E-state index is -4.79. The van der Waals surface area contributed by atoms with Gasteiger partial charge in [0.25, 0.3) is 0 Å². The predicted octanol–water partition coefficient (Wildman–Crippen LogP) is 4.19. The molecule has 1 unspecified atom stereocenters. The molecule has 1 N–H and O–H groups in total. The smallest absolute Gasteiger partial charge is 0.444 e. The molecule has 0 heterocycles. The second-order valence-corrected chi connectivity index (χ2v) is 5.98. The molecule has 0 aliphatic heterocycles. The lowest BCUT2D eigenvalue weighted by molar-refractivity contribution is -0.274. The van der Waals surface area contributed by atoms with Crippen LogP contribution in [0.5, 0.6) is 5.75 Å². The molecule has 1 aromatic carbocycles. The van der Waals surface area contributed by atoms with Crippen molar-refractivity contribution in [2.45, 2.75) is 45.7 Å². The summed E-state index contributed by atoms with van der Waals surface area (Å²) in [7, 11) is 0. The van der Waals surface area contributed by atoms with Gasteiger partial charge in [-0.25, -0.2) is 4.79 Å². The van der Waals surface area contributed by atoms with Gasteiger partial charge >= 0.3 is 12.5 Å². The lowest BCUT2D eigenvalue weighted by Gasteiger charge is -2.24. The van der Waals surface area contributed by atoms with Gasteiger partial charge in [0.05, 0.1) is 12.6 Å². The molecule has 0 saturated heterocycles. The van der Waals surface area contributed by atoms with E-state index < -0.39 is 24.1 Å². The number of alkyl halides is 3. The number of carbonyl (C=O) groups is 1. The monoisotopic (exact) mass is 349 g/mol. The molecule has 1 atom stereocenters. The van der Waals surface area contributed by atoms with Crippen LogP contribution in [0.1, 0.15) is 39.3 Å². The highest BCUT2D eigenvalue weighted by molar-refractivity contribution is 5.68. The van der Waals surface area contributed by atoms with E-state index in [9.17, 15) is 18.0 Å². The average Bonchev–Trinajstić information content (AvgIpc) is 2.39.